The Labute approximate surface area is 353 Å². The Bertz CT molecular complexity index is 1270. The summed E-state index contributed by atoms with van der Waals surface area (Å²) in [7, 11) is -5.14. The lowest BCUT2D eigenvalue weighted by Gasteiger charge is -2.41. The Hall–Kier alpha value is -2.45. The third-order valence-electron chi connectivity index (χ3n) is 9.85. The van der Waals surface area contributed by atoms with Crippen LogP contribution in [0, 0.1) is 0 Å². The minimum absolute atomic E-state index is 0.0221. The highest BCUT2D eigenvalue weighted by Gasteiger charge is 2.51. The molecule has 1 rings (SSSR count). The number of aliphatic hydroxyl groups excluding tert-OH is 5. The van der Waals surface area contributed by atoms with Crippen molar-refractivity contribution in [1.82, 2.24) is 0 Å². The van der Waals surface area contributed by atoms with Crippen molar-refractivity contribution in [3.8, 4) is 0 Å². The molecule has 1 aliphatic carbocycles. The first-order chi connectivity index (χ1) is 28.4. The molecule has 0 amide bonds. The van der Waals surface area contributed by atoms with E-state index in [1.54, 1.807) is 0 Å². The van der Waals surface area contributed by atoms with E-state index < -0.39 is 75.7 Å². The van der Waals surface area contributed by atoms with Gasteiger partial charge in [-0.05, 0) is 64.2 Å². The van der Waals surface area contributed by atoms with E-state index >= 15 is 0 Å². The van der Waals surface area contributed by atoms with Gasteiger partial charge < -0.3 is 39.9 Å². The topological polar surface area (TPSA) is 210 Å². The molecule has 1 aliphatic rings. The van der Waals surface area contributed by atoms with E-state index in [1.807, 2.05) is 24.3 Å². The quantitative estimate of drug-likeness (QED) is 0.0154. The van der Waals surface area contributed by atoms with Crippen LogP contribution in [0.1, 0.15) is 155 Å². The molecular formula is C45H77O13P. The fraction of sp³-hybridized carbons (Fsp3) is 0.733. The monoisotopic (exact) mass is 857 g/mol. The van der Waals surface area contributed by atoms with Crippen LogP contribution in [0.15, 0.2) is 60.8 Å². The molecule has 340 valence electrons. The molecule has 0 heterocycles. The number of allylic oxidation sites excluding steroid dienone is 10. The van der Waals surface area contributed by atoms with Gasteiger partial charge in [0.2, 0.25) is 0 Å². The standard InChI is InChI=1S/C45H77O13P/c1-3-5-7-9-11-13-15-17-18-19-20-22-23-25-27-29-31-33-38(46)55-35-37(36-56-59(53,54)58-45-43(51)41(49)40(48)42(50)44(45)52)57-39(47)34-32-30-28-26-24-21-16-14-12-10-8-6-4-2/h17-18,20-22,24-25,27-28,30,37,40-45,48-52H,3-16,19,23,26,29,31-36H2,1-2H3,(H,53,54)/b18-17+,22-20+,24-21+,27-25+,30-28+/t37?,40?,41-,42?,43?,44?,45?/m0/s1. The fourth-order valence-electron chi connectivity index (χ4n) is 6.24. The smallest absolute Gasteiger partial charge is 0.462 e. The number of esters is 2. The minimum Gasteiger partial charge on any atom is -0.462 e. The van der Waals surface area contributed by atoms with Crippen LogP contribution in [0.4, 0.5) is 0 Å². The third-order valence-corrected chi connectivity index (χ3v) is 10.8. The highest BCUT2D eigenvalue weighted by atomic mass is 31.2. The van der Waals surface area contributed by atoms with Crippen LogP contribution >= 0.6 is 7.82 Å². The molecule has 0 aliphatic heterocycles. The molecule has 0 radical (unpaired) electrons. The van der Waals surface area contributed by atoms with Crippen LogP contribution in [0.3, 0.4) is 0 Å². The normalized spacial score (nSPS) is 22.9. The van der Waals surface area contributed by atoms with Crippen LogP contribution in [0.25, 0.3) is 0 Å². The van der Waals surface area contributed by atoms with Crippen LogP contribution in [-0.2, 0) is 32.7 Å². The average molecular weight is 857 g/mol. The summed E-state index contributed by atoms with van der Waals surface area (Å²) in [4.78, 5) is 35.5. The number of carbonyl (C=O) groups excluding carboxylic acids is 2. The first-order valence-corrected chi connectivity index (χ1v) is 23.6. The lowest BCUT2D eigenvalue weighted by Crippen LogP contribution is -2.64. The second-order valence-corrected chi connectivity index (χ2v) is 16.6. The number of phosphoric acid groups is 1. The molecule has 0 saturated heterocycles. The van der Waals surface area contributed by atoms with Gasteiger partial charge in [0.25, 0.3) is 0 Å². The van der Waals surface area contributed by atoms with Crippen LogP contribution in [0.5, 0.6) is 0 Å². The van der Waals surface area contributed by atoms with Gasteiger partial charge >= 0.3 is 19.8 Å². The van der Waals surface area contributed by atoms with E-state index in [4.69, 9.17) is 18.5 Å². The van der Waals surface area contributed by atoms with Gasteiger partial charge in [-0.15, -0.1) is 0 Å². The lowest BCUT2D eigenvalue weighted by atomic mass is 9.85. The van der Waals surface area contributed by atoms with E-state index in [-0.39, 0.29) is 12.8 Å². The van der Waals surface area contributed by atoms with Gasteiger partial charge in [0.1, 0.15) is 43.2 Å². The molecule has 0 aromatic rings. The molecule has 7 unspecified atom stereocenters. The van der Waals surface area contributed by atoms with Gasteiger partial charge in [-0.3, -0.25) is 18.6 Å². The molecule has 59 heavy (non-hydrogen) atoms. The Morgan fingerprint density at radius 1 is 0.525 bits per heavy atom. The number of hydrogen-bond acceptors (Lipinski definition) is 12. The molecule has 0 aromatic carbocycles. The fourth-order valence-corrected chi connectivity index (χ4v) is 7.21. The van der Waals surface area contributed by atoms with Crippen molar-refractivity contribution in [2.75, 3.05) is 13.2 Å². The second-order valence-electron chi connectivity index (χ2n) is 15.2. The van der Waals surface area contributed by atoms with Crippen molar-refractivity contribution >= 4 is 19.8 Å². The Balaban J connectivity index is 2.56. The van der Waals surface area contributed by atoms with Crippen molar-refractivity contribution in [2.24, 2.45) is 0 Å². The van der Waals surface area contributed by atoms with Gasteiger partial charge in [0, 0.05) is 12.8 Å². The number of ether oxygens (including phenoxy) is 2. The highest BCUT2D eigenvalue weighted by molar-refractivity contribution is 7.47. The van der Waals surface area contributed by atoms with E-state index in [1.165, 1.54) is 77.0 Å². The number of phosphoric ester groups is 1. The molecule has 8 atom stereocenters. The van der Waals surface area contributed by atoms with E-state index in [0.29, 0.717) is 19.3 Å². The van der Waals surface area contributed by atoms with Crippen molar-refractivity contribution in [3.63, 3.8) is 0 Å². The molecule has 1 saturated carbocycles. The van der Waals surface area contributed by atoms with E-state index in [9.17, 15) is 44.6 Å². The van der Waals surface area contributed by atoms with Crippen LogP contribution in [-0.4, -0.2) is 98.3 Å². The Morgan fingerprint density at radius 3 is 1.46 bits per heavy atom. The van der Waals surface area contributed by atoms with Crippen LogP contribution in [0.2, 0.25) is 0 Å². The van der Waals surface area contributed by atoms with Crippen molar-refractivity contribution in [3.05, 3.63) is 60.8 Å². The second kappa shape index (κ2) is 35.2. The van der Waals surface area contributed by atoms with Crippen LogP contribution < -0.4 is 0 Å². The molecular weight excluding hydrogens is 779 g/mol. The summed E-state index contributed by atoms with van der Waals surface area (Å²) < 4.78 is 33.3. The summed E-state index contributed by atoms with van der Waals surface area (Å²) in [5.74, 6) is -1.24. The van der Waals surface area contributed by atoms with E-state index in [0.717, 1.165) is 32.1 Å². The average Bonchev–Trinajstić information content (AvgIpc) is 3.21. The maximum absolute atomic E-state index is 12.8. The lowest BCUT2D eigenvalue weighted by molar-refractivity contribution is -0.220. The van der Waals surface area contributed by atoms with Gasteiger partial charge in [0.05, 0.1) is 6.61 Å². The summed E-state index contributed by atoms with van der Waals surface area (Å²) in [6, 6.07) is 0. The third kappa shape index (κ3) is 27.9. The summed E-state index contributed by atoms with van der Waals surface area (Å²) in [6.07, 6.45) is 28.8. The summed E-state index contributed by atoms with van der Waals surface area (Å²) in [5.41, 5.74) is 0. The maximum atomic E-state index is 12.8. The highest BCUT2D eigenvalue weighted by Crippen LogP contribution is 2.47. The van der Waals surface area contributed by atoms with E-state index in [2.05, 4.69) is 50.3 Å². The number of hydrogen-bond donors (Lipinski definition) is 6. The number of rotatable bonds is 35. The Kier molecular flexibility index (Phi) is 32.5. The first kappa shape index (κ1) is 54.6. The molecule has 14 heteroatoms. The zero-order valence-corrected chi connectivity index (χ0v) is 36.7. The van der Waals surface area contributed by atoms with Gasteiger partial charge in [-0.25, -0.2) is 4.57 Å². The van der Waals surface area contributed by atoms with Gasteiger partial charge in [-0.2, -0.15) is 0 Å². The number of unbranched alkanes of at least 4 members (excludes halogenated alkanes) is 13. The van der Waals surface area contributed by atoms with Crippen molar-refractivity contribution in [2.45, 2.75) is 198 Å². The Morgan fingerprint density at radius 2 is 0.949 bits per heavy atom. The SMILES string of the molecule is CCCCCCCC/C=C/C/C=C/C/C=C/CCCC(=O)OCC(COP(=O)(O)OC1C(O)C(O)C(O)[C@H](O)C1O)OC(=O)CC/C=C/C/C=C/CCCCCCCC. The molecule has 0 spiro atoms. The predicted molar refractivity (Wildman–Crippen MR) is 230 cm³/mol. The molecule has 0 aromatic heterocycles. The van der Waals surface area contributed by atoms with Gasteiger partial charge in [0.15, 0.2) is 6.10 Å². The van der Waals surface area contributed by atoms with Gasteiger partial charge in [-0.1, -0.05) is 139 Å². The summed E-state index contributed by atoms with van der Waals surface area (Å²) in [6.45, 7) is 3.17. The first-order valence-electron chi connectivity index (χ1n) is 22.1. The van der Waals surface area contributed by atoms with Crippen molar-refractivity contribution in [1.29, 1.82) is 0 Å². The summed E-state index contributed by atoms with van der Waals surface area (Å²) >= 11 is 0. The number of aliphatic hydroxyl groups is 5. The largest absolute Gasteiger partial charge is 0.472 e. The molecule has 0 bridgehead atoms. The minimum atomic E-state index is -5.14. The van der Waals surface area contributed by atoms with Crippen molar-refractivity contribution < 1.29 is 63.1 Å². The zero-order chi connectivity index (χ0) is 43.6. The molecule has 13 nitrogen and oxygen atoms in total. The predicted octanol–water partition coefficient (Wildman–Crippen LogP) is 8.16. The molecule has 6 N–H and O–H groups in total. The number of carbonyl (C=O) groups is 2. The zero-order valence-electron chi connectivity index (χ0n) is 35.8. The molecule has 1 fully saturated rings. The summed E-state index contributed by atoms with van der Waals surface area (Å²) in [5, 5.41) is 50.0. The maximum Gasteiger partial charge on any atom is 0.472 e.